The molecule has 10 heteroatoms. The molecular formula is C19H20F3N3O4. The third-order valence-electron chi connectivity index (χ3n) is 5.20. The van der Waals surface area contributed by atoms with Crippen LogP contribution in [0.3, 0.4) is 0 Å². The number of carbonyl (C=O) groups is 2. The molecule has 2 aliphatic heterocycles. The summed E-state index contributed by atoms with van der Waals surface area (Å²) in [4.78, 5) is 25.2. The molecule has 2 N–H and O–H groups in total. The van der Waals surface area contributed by atoms with Crippen molar-refractivity contribution < 1.29 is 32.6 Å². The summed E-state index contributed by atoms with van der Waals surface area (Å²) in [6.07, 6.45) is -2.27. The predicted octanol–water partition coefficient (Wildman–Crippen LogP) is 2.42. The lowest BCUT2D eigenvalue weighted by molar-refractivity contribution is -0.139. The van der Waals surface area contributed by atoms with Crippen LogP contribution in [0.4, 0.5) is 13.2 Å². The molecule has 0 radical (unpaired) electrons. The van der Waals surface area contributed by atoms with Crippen LogP contribution in [0.1, 0.15) is 41.6 Å². The summed E-state index contributed by atoms with van der Waals surface area (Å²) in [7, 11) is 0. The number of carbonyl (C=O) groups excluding carboxylic acids is 1. The van der Waals surface area contributed by atoms with E-state index in [0.29, 0.717) is 31.9 Å². The Morgan fingerprint density at radius 2 is 2.07 bits per heavy atom. The van der Waals surface area contributed by atoms with Crippen molar-refractivity contribution in [3.05, 3.63) is 29.3 Å². The minimum atomic E-state index is -4.68. The van der Waals surface area contributed by atoms with Gasteiger partial charge in [-0.05, 0) is 43.9 Å². The Morgan fingerprint density at radius 3 is 2.72 bits per heavy atom. The van der Waals surface area contributed by atoms with Crippen molar-refractivity contribution in [1.29, 1.82) is 5.26 Å². The second-order valence-electron chi connectivity index (χ2n) is 7.14. The number of carboxylic acids is 1. The average molecular weight is 411 g/mol. The number of hydrogen-bond acceptors (Lipinski definition) is 5. The number of benzene rings is 1. The Hall–Kier alpha value is -2.80. The Kier molecular flexibility index (Phi) is 5.98. The van der Waals surface area contributed by atoms with E-state index < -0.39 is 35.5 Å². The summed E-state index contributed by atoms with van der Waals surface area (Å²) in [5.41, 5.74) is -1.36. The predicted molar refractivity (Wildman–Crippen MR) is 94.2 cm³/mol. The molecule has 2 saturated heterocycles. The van der Waals surface area contributed by atoms with Crippen molar-refractivity contribution in [2.75, 3.05) is 13.2 Å². The van der Waals surface area contributed by atoms with E-state index in [1.54, 1.807) is 4.90 Å². The third kappa shape index (κ3) is 4.62. The Balaban J connectivity index is 1.64. The third-order valence-corrected chi connectivity index (χ3v) is 5.20. The summed E-state index contributed by atoms with van der Waals surface area (Å²) in [5, 5.41) is 21.2. The number of likely N-dealkylation sites (tertiary alicyclic amines) is 1. The monoisotopic (exact) mass is 411 g/mol. The van der Waals surface area contributed by atoms with Gasteiger partial charge in [-0.15, -0.1) is 0 Å². The molecule has 2 fully saturated rings. The topological polar surface area (TPSA) is 103 Å². The van der Waals surface area contributed by atoms with Gasteiger partial charge >= 0.3 is 12.1 Å². The first-order valence-electron chi connectivity index (χ1n) is 9.24. The summed E-state index contributed by atoms with van der Waals surface area (Å²) in [6, 6.07) is 3.21. The van der Waals surface area contributed by atoms with Gasteiger partial charge in [0.25, 0.3) is 0 Å². The van der Waals surface area contributed by atoms with Crippen LogP contribution >= 0.6 is 0 Å². The number of rotatable bonds is 5. The van der Waals surface area contributed by atoms with Gasteiger partial charge in [0.2, 0.25) is 5.91 Å². The quantitative estimate of drug-likeness (QED) is 0.772. The van der Waals surface area contributed by atoms with E-state index in [4.69, 9.17) is 15.1 Å². The number of alkyl halides is 3. The van der Waals surface area contributed by atoms with Gasteiger partial charge in [0.15, 0.2) is 0 Å². The van der Waals surface area contributed by atoms with E-state index in [1.807, 2.05) is 0 Å². The van der Waals surface area contributed by atoms with Crippen molar-refractivity contribution >= 4 is 11.9 Å². The number of hydrogen-bond donors (Lipinski definition) is 2. The van der Waals surface area contributed by atoms with Crippen molar-refractivity contribution in [1.82, 2.24) is 10.2 Å². The molecule has 3 rings (SSSR count). The minimum Gasteiger partial charge on any atom is -0.491 e. The largest absolute Gasteiger partial charge is 0.491 e. The molecule has 0 unspecified atom stereocenters. The molecule has 156 valence electrons. The lowest BCUT2D eigenvalue weighted by Crippen LogP contribution is -2.47. The summed E-state index contributed by atoms with van der Waals surface area (Å²) >= 11 is 0. The van der Waals surface area contributed by atoms with Gasteiger partial charge in [-0.2, -0.15) is 18.4 Å². The molecule has 1 aromatic carbocycles. The van der Waals surface area contributed by atoms with Gasteiger partial charge < -0.3 is 14.7 Å². The molecule has 1 aromatic rings. The fourth-order valence-corrected chi connectivity index (χ4v) is 3.71. The highest BCUT2D eigenvalue weighted by Crippen LogP contribution is 2.37. The maximum Gasteiger partial charge on any atom is 0.419 e. The van der Waals surface area contributed by atoms with Crippen LogP contribution < -0.4 is 10.1 Å². The maximum atomic E-state index is 13.2. The molecule has 0 spiro atoms. The van der Waals surface area contributed by atoms with E-state index >= 15 is 0 Å². The molecule has 29 heavy (non-hydrogen) atoms. The number of nitrogens with zero attached hydrogens (tertiary/aromatic N) is 2. The van der Waals surface area contributed by atoms with Crippen LogP contribution in [0, 0.1) is 11.3 Å². The number of carboxylic acid groups (broad SMARTS) is 1. The molecule has 0 bridgehead atoms. The van der Waals surface area contributed by atoms with Crippen LogP contribution in [0.15, 0.2) is 18.2 Å². The van der Waals surface area contributed by atoms with Crippen molar-refractivity contribution in [2.45, 2.75) is 50.0 Å². The van der Waals surface area contributed by atoms with Crippen LogP contribution in [-0.2, 0) is 11.0 Å². The first-order chi connectivity index (χ1) is 13.7. The number of halogens is 3. The fraction of sp³-hybridized carbons (Fsp3) is 0.526. The zero-order valence-corrected chi connectivity index (χ0v) is 15.4. The van der Waals surface area contributed by atoms with E-state index in [-0.39, 0.29) is 24.1 Å². The zero-order valence-electron chi connectivity index (χ0n) is 15.4. The first-order valence-corrected chi connectivity index (χ1v) is 9.24. The highest BCUT2D eigenvalue weighted by molar-refractivity contribution is 5.88. The summed E-state index contributed by atoms with van der Waals surface area (Å²) in [6.45, 7) is 0.380. The molecule has 2 aliphatic rings. The van der Waals surface area contributed by atoms with E-state index in [2.05, 4.69) is 11.4 Å². The zero-order chi connectivity index (χ0) is 21.2. The molecule has 3 atom stereocenters. The lowest BCUT2D eigenvalue weighted by atomic mass is 10.1. The lowest BCUT2D eigenvalue weighted by Gasteiger charge is -2.24. The fourth-order valence-electron chi connectivity index (χ4n) is 3.71. The summed E-state index contributed by atoms with van der Waals surface area (Å²) < 4.78 is 44.8. The molecule has 0 saturated carbocycles. The van der Waals surface area contributed by atoms with Crippen LogP contribution in [0.25, 0.3) is 0 Å². The van der Waals surface area contributed by atoms with Crippen molar-refractivity contribution in [3.63, 3.8) is 0 Å². The highest BCUT2D eigenvalue weighted by atomic mass is 19.4. The van der Waals surface area contributed by atoms with Gasteiger partial charge in [-0.3, -0.25) is 10.1 Å². The standard InChI is InChI=1S/C19H20F3N3O4/c20-19(21,22)14-5-3-11(18(27)28)8-16(14)29-10-12-4-6-15(24-12)17(26)25-7-1-2-13(25)9-23/h3,5,8,12-13,15,24H,1-2,4,6-7,10H2,(H,27,28)/t12-,13+,15+/m1/s1. The molecule has 1 amide bonds. The first kappa shape index (κ1) is 20.9. The summed E-state index contributed by atoms with van der Waals surface area (Å²) in [5.74, 6) is -2.09. The van der Waals surface area contributed by atoms with Gasteiger partial charge in [-0.25, -0.2) is 4.79 Å². The second kappa shape index (κ2) is 8.29. The van der Waals surface area contributed by atoms with Crippen LogP contribution in [-0.4, -0.2) is 53.2 Å². The number of nitriles is 1. The van der Waals surface area contributed by atoms with Gasteiger partial charge in [-0.1, -0.05) is 0 Å². The maximum absolute atomic E-state index is 13.2. The van der Waals surface area contributed by atoms with E-state index in [1.165, 1.54) is 0 Å². The van der Waals surface area contributed by atoms with Crippen LogP contribution in [0.2, 0.25) is 0 Å². The molecular weight excluding hydrogens is 391 g/mol. The van der Waals surface area contributed by atoms with Gasteiger partial charge in [0.1, 0.15) is 18.4 Å². The molecule has 2 heterocycles. The molecule has 0 aromatic heterocycles. The Bertz CT molecular complexity index is 837. The number of aromatic carboxylic acids is 1. The van der Waals surface area contributed by atoms with Gasteiger partial charge in [0.05, 0.1) is 23.2 Å². The molecule has 7 nitrogen and oxygen atoms in total. The number of nitrogens with one attached hydrogen (secondary N) is 1. The molecule has 0 aliphatic carbocycles. The SMILES string of the molecule is N#C[C@@H]1CCCN1C(=O)[C@@H]1CC[C@H](COc2cc(C(=O)O)ccc2C(F)(F)F)N1. The number of ether oxygens (including phenoxy) is 1. The number of amides is 1. The van der Waals surface area contributed by atoms with Gasteiger partial charge in [0, 0.05) is 12.6 Å². The highest BCUT2D eigenvalue weighted by Gasteiger charge is 2.38. The van der Waals surface area contributed by atoms with Crippen LogP contribution in [0.5, 0.6) is 5.75 Å². The smallest absolute Gasteiger partial charge is 0.419 e. The normalized spacial score (nSPS) is 24.3. The van der Waals surface area contributed by atoms with E-state index in [0.717, 1.165) is 18.6 Å². The average Bonchev–Trinajstić information content (AvgIpc) is 3.34. The van der Waals surface area contributed by atoms with Crippen molar-refractivity contribution in [2.24, 2.45) is 0 Å². The second-order valence-corrected chi connectivity index (χ2v) is 7.14. The minimum absolute atomic E-state index is 0.141. The Labute approximate surface area is 165 Å². The van der Waals surface area contributed by atoms with E-state index in [9.17, 15) is 22.8 Å². The Morgan fingerprint density at radius 1 is 1.31 bits per heavy atom. The van der Waals surface area contributed by atoms with Crippen molar-refractivity contribution in [3.8, 4) is 11.8 Å².